The number of carbonyl (C=O) groups is 1. The van der Waals surface area contributed by atoms with Gasteiger partial charge in [-0.1, -0.05) is 60.7 Å². The van der Waals surface area contributed by atoms with Gasteiger partial charge >= 0.3 is 0 Å². The second-order valence-corrected chi connectivity index (χ2v) is 7.88. The number of nitrogens with zero attached hydrogens (tertiary/aromatic N) is 1. The van der Waals surface area contributed by atoms with E-state index in [0.29, 0.717) is 6.54 Å². The molecule has 0 aliphatic carbocycles. The van der Waals surface area contributed by atoms with E-state index in [0.717, 1.165) is 38.0 Å². The zero-order valence-electron chi connectivity index (χ0n) is 16.5. The molecule has 3 heteroatoms. The van der Waals surface area contributed by atoms with Crippen molar-refractivity contribution in [2.24, 2.45) is 5.92 Å². The van der Waals surface area contributed by atoms with Crippen LogP contribution in [0.3, 0.4) is 0 Å². The summed E-state index contributed by atoms with van der Waals surface area (Å²) in [5.74, 6) is 0.331. The first-order chi connectivity index (χ1) is 13.7. The van der Waals surface area contributed by atoms with Gasteiger partial charge in [0.1, 0.15) is 0 Å². The van der Waals surface area contributed by atoms with E-state index in [-0.39, 0.29) is 11.8 Å². The third-order valence-corrected chi connectivity index (χ3v) is 5.89. The molecule has 1 heterocycles. The Kier molecular flexibility index (Phi) is 5.73. The van der Waals surface area contributed by atoms with Crippen molar-refractivity contribution in [2.75, 3.05) is 13.1 Å². The molecule has 0 unspecified atom stereocenters. The molecule has 3 aromatic rings. The zero-order chi connectivity index (χ0) is 19.3. The summed E-state index contributed by atoms with van der Waals surface area (Å²) in [5, 5.41) is 5.61. The standard InChI is InChI=1S/C25H28N2O/c1-19-6-2-3-9-24(19)18-27-14-12-22(13-15-27)25(28)26-17-20-10-11-21-7-4-5-8-23(21)16-20/h2-11,16,22H,12-15,17-18H2,1H3,(H,26,28). The Labute approximate surface area is 167 Å². The minimum absolute atomic E-state index is 0.133. The Morgan fingerprint density at radius 1 is 0.964 bits per heavy atom. The number of piperidine rings is 1. The van der Waals surface area contributed by atoms with Crippen LogP contribution in [0.25, 0.3) is 10.8 Å². The lowest BCUT2D eigenvalue weighted by atomic mass is 9.95. The second-order valence-electron chi connectivity index (χ2n) is 7.88. The van der Waals surface area contributed by atoms with Gasteiger partial charge in [0, 0.05) is 19.0 Å². The number of nitrogens with one attached hydrogen (secondary N) is 1. The molecule has 1 saturated heterocycles. The van der Waals surface area contributed by atoms with Crippen molar-refractivity contribution < 1.29 is 4.79 Å². The maximum Gasteiger partial charge on any atom is 0.223 e. The van der Waals surface area contributed by atoms with Crippen LogP contribution in [0.5, 0.6) is 0 Å². The number of rotatable bonds is 5. The monoisotopic (exact) mass is 372 g/mol. The lowest BCUT2D eigenvalue weighted by Gasteiger charge is -2.31. The van der Waals surface area contributed by atoms with Gasteiger partial charge < -0.3 is 5.32 Å². The molecule has 1 aliphatic rings. The Bertz CT molecular complexity index is 957. The first-order valence-corrected chi connectivity index (χ1v) is 10.2. The smallest absolute Gasteiger partial charge is 0.223 e. The van der Waals surface area contributed by atoms with Crippen LogP contribution in [0, 0.1) is 12.8 Å². The molecule has 0 aromatic heterocycles. The van der Waals surface area contributed by atoms with E-state index in [2.05, 4.69) is 83.9 Å². The van der Waals surface area contributed by atoms with Crippen molar-refractivity contribution in [3.63, 3.8) is 0 Å². The summed E-state index contributed by atoms with van der Waals surface area (Å²) in [4.78, 5) is 15.1. The van der Waals surface area contributed by atoms with Gasteiger partial charge in [-0.2, -0.15) is 0 Å². The van der Waals surface area contributed by atoms with E-state index in [1.807, 2.05) is 0 Å². The Morgan fingerprint density at radius 2 is 1.68 bits per heavy atom. The number of aryl methyl sites for hydroxylation is 1. The predicted octanol–water partition coefficient (Wildman–Crippen LogP) is 4.68. The lowest BCUT2D eigenvalue weighted by Crippen LogP contribution is -2.40. The van der Waals surface area contributed by atoms with E-state index in [4.69, 9.17) is 0 Å². The topological polar surface area (TPSA) is 32.3 Å². The molecule has 0 bridgehead atoms. The average Bonchev–Trinajstić information content (AvgIpc) is 2.74. The molecule has 28 heavy (non-hydrogen) atoms. The van der Waals surface area contributed by atoms with Gasteiger partial charge in [0.05, 0.1) is 0 Å². The normalized spacial score (nSPS) is 15.6. The zero-order valence-corrected chi connectivity index (χ0v) is 16.5. The summed E-state index contributed by atoms with van der Waals surface area (Å²) in [5.41, 5.74) is 3.89. The number of fused-ring (bicyclic) bond motifs is 1. The molecule has 0 saturated carbocycles. The molecule has 3 aromatic carbocycles. The van der Waals surface area contributed by atoms with Gasteiger partial charge in [0.25, 0.3) is 0 Å². The van der Waals surface area contributed by atoms with Crippen LogP contribution < -0.4 is 5.32 Å². The molecule has 1 amide bonds. The highest BCUT2D eigenvalue weighted by Gasteiger charge is 2.24. The number of likely N-dealkylation sites (tertiary alicyclic amines) is 1. The molecular weight excluding hydrogens is 344 g/mol. The molecule has 0 spiro atoms. The highest BCUT2D eigenvalue weighted by atomic mass is 16.1. The van der Waals surface area contributed by atoms with E-state index in [1.54, 1.807) is 0 Å². The third kappa shape index (κ3) is 4.42. The van der Waals surface area contributed by atoms with Crippen LogP contribution in [-0.2, 0) is 17.9 Å². The van der Waals surface area contributed by atoms with Crippen molar-refractivity contribution in [1.82, 2.24) is 10.2 Å². The maximum absolute atomic E-state index is 12.6. The van der Waals surface area contributed by atoms with Crippen LogP contribution in [0.15, 0.2) is 66.7 Å². The fraction of sp³-hybridized carbons (Fsp3) is 0.320. The lowest BCUT2D eigenvalue weighted by molar-refractivity contribution is -0.126. The molecule has 1 aliphatic heterocycles. The number of carbonyl (C=O) groups excluding carboxylic acids is 1. The van der Waals surface area contributed by atoms with Crippen molar-refractivity contribution in [3.05, 3.63) is 83.4 Å². The van der Waals surface area contributed by atoms with Crippen LogP contribution in [0.1, 0.15) is 29.5 Å². The predicted molar refractivity (Wildman–Crippen MR) is 115 cm³/mol. The molecule has 1 N–H and O–H groups in total. The Hall–Kier alpha value is -2.65. The van der Waals surface area contributed by atoms with Gasteiger partial charge in [0.15, 0.2) is 0 Å². The van der Waals surface area contributed by atoms with E-state index >= 15 is 0 Å². The molecule has 0 atom stereocenters. The van der Waals surface area contributed by atoms with Crippen LogP contribution in [0.4, 0.5) is 0 Å². The van der Waals surface area contributed by atoms with Crippen LogP contribution >= 0.6 is 0 Å². The highest BCUT2D eigenvalue weighted by molar-refractivity contribution is 5.83. The number of hydrogen-bond donors (Lipinski definition) is 1. The first-order valence-electron chi connectivity index (χ1n) is 10.2. The van der Waals surface area contributed by atoms with Crippen LogP contribution in [0.2, 0.25) is 0 Å². The molecule has 4 rings (SSSR count). The SMILES string of the molecule is Cc1ccccc1CN1CCC(C(=O)NCc2ccc3ccccc3c2)CC1. The van der Waals surface area contributed by atoms with Crippen molar-refractivity contribution >= 4 is 16.7 Å². The van der Waals surface area contributed by atoms with Crippen molar-refractivity contribution in [3.8, 4) is 0 Å². The van der Waals surface area contributed by atoms with Gasteiger partial charge in [-0.3, -0.25) is 9.69 Å². The summed E-state index contributed by atoms with van der Waals surface area (Å²) in [6, 6.07) is 23.3. The van der Waals surface area contributed by atoms with Gasteiger partial charge in [-0.05, 0) is 66.4 Å². The summed E-state index contributed by atoms with van der Waals surface area (Å²) >= 11 is 0. The number of amides is 1. The minimum atomic E-state index is 0.133. The summed E-state index contributed by atoms with van der Waals surface area (Å²) in [7, 11) is 0. The van der Waals surface area contributed by atoms with E-state index in [9.17, 15) is 4.79 Å². The first kappa shape index (κ1) is 18.7. The molecule has 0 radical (unpaired) electrons. The summed E-state index contributed by atoms with van der Waals surface area (Å²) < 4.78 is 0. The molecule has 1 fully saturated rings. The second kappa shape index (κ2) is 8.57. The minimum Gasteiger partial charge on any atom is -0.352 e. The molecule has 144 valence electrons. The third-order valence-electron chi connectivity index (χ3n) is 5.89. The largest absolute Gasteiger partial charge is 0.352 e. The fourth-order valence-electron chi connectivity index (χ4n) is 4.06. The Balaban J connectivity index is 1.27. The Morgan fingerprint density at radius 3 is 2.46 bits per heavy atom. The van der Waals surface area contributed by atoms with E-state index in [1.165, 1.54) is 21.9 Å². The summed E-state index contributed by atoms with van der Waals surface area (Å²) in [6.07, 6.45) is 1.88. The quantitative estimate of drug-likeness (QED) is 0.705. The van der Waals surface area contributed by atoms with Crippen molar-refractivity contribution in [2.45, 2.75) is 32.9 Å². The maximum atomic E-state index is 12.6. The van der Waals surface area contributed by atoms with E-state index < -0.39 is 0 Å². The highest BCUT2D eigenvalue weighted by Crippen LogP contribution is 2.21. The number of benzene rings is 3. The number of hydrogen-bond acceptors (Lipinski definition) is 2. The summed E-state index contributed by atoms with van der Waals surface area (Å²) in [6.45, 7) is 5.73. The van der Waals surface area contributed by atoms with Gasteiger partial charge in [-0.25, -0.2) is 0 Å². The van der Waals surface area contributed by atoms with Gasteiger partial charge in [-0.15, -0.1) is 0 Å². The fourth-order valence-corrected chi connectivity index (χ4v) is 4.06. The average molecular weight is 373 g/mol. The van der Waals surface area contributed by atoms with Crippen molar-refractivity contribution in [1.29, 1.82) is 0 Å². The van der Waals surface area contributed by atoms with Gasteiger partial charge in [0.2, 0.25) is 5.91 Å². The molecule has 3 nitrogen and oxygen atoms in total. The molecular formula is C25H28N2O. The van der Waals surface area contributed by atoms with Crippen LogP contribution in [-0.4, -0.2) is 23.9 Å².